The Morgan fingerprint density at radius 2 is 1.94 bits per heavy atom. The first-order valence-electron chi connectivity index (χ1n) is 10.2. The highest BCUT2D eigenvalue weighted by atomic mass is 16.5. The maximum Gasteiger partial charge on any atom is 0.291 e. The van der Waals surface area contributed by atoms with Gasteiger partial charge in [0.25, 0.3) is 5.91 Å². The number of carbonyl (C=O) groups excluding carboxylic acids is 1. The summed E-state index contributed by atoms with van der Waals surface area (Å²) in [6.07, 6.45) is 1.64. The molecule has 0 aliphatic carbocycles. The molecule has 3 aromatic rings. The van der Waals surface area contributed by atoms with Gasteiger partial charge in [0.1, 0.15) is 5.58 Å². The second kappa shape index (κ2) is 7.95. The molecule has 0 saturated carbocycles. The van der Waals surface area contributed by atoms with Crippen LogP contribution in [0.15, 0.2) is 52.2 Å². The largest absolute Gasteiger partial charge is 0.493 e. The van der Waals surface area contributed by atoms with Crippen LogP contribution in [0.4, 0.5) is 0 Å². The van der Waals surface area contributed by atoms with Gasteiger partial charge in [0.15, 0.2) is 16.9 Å². The number of benzene rings is 2. The summed E-state index contributed by atoms with van der Waals surface area (Å²) >= 11 is 0. The molecule has 0 radical (unpaired) electrons. The van der Waals surface area contributed by atoms with Crippen LogP contribution in [-0.4, -0.2) is 31.1 Å². The lowest BCUT2D eigenvalue weighted by molar-refractivity contribution is 0.0748. The van der Waals surface area contributed by atoms with Gasteiger partial charge in [0.2, 0.25) is 5.76 Å². The van der Waals surface area contributed by atoms with E-state index < -0.39 is 6.04 Å². The third-order valence-electron chi connectivity index (χ3n) is 5.54. The molecule has 0 bridgehead atoms. The van der Waals surface area contributed by atoms with E-state index in [9.17, 15) is 9.59 Å². The van der Waals surface area contributed by atoms with Crippen molar-refractivity contribution in [3.05, 3.63) is 81.2 Å². The van der Waals surface area contributed by atoms with Crippen molar-refractivity contribution in [2.75, 3.05) is 20.3 Å². The molecule has 160 valence electrons. The third-order valence-corrected chi connectivity index (χ3v) is 5.54. The Morgan fingerprint density at radius 1 is 1.16 bits per heavy atom. The van der Waals surface area contributed by atoms with Gasteiger partial charge in [-0.2, -0.15) is 0 Å². The lowest BCUT2D eigenvalue weighted by atomic mass is 9.96. The van der Waals surface area contributed by atoms with Crippen LogP contribution >= 0.6 is 0 Å². The standard InChI is InChI=1S/C25H25NO5/c1-6-10-26-22(16-8-9-17(30-7-2)18(13-16)29-5)21-23(27)20-15(4)11-14(3)12-19(20)31-24(21)25(26)28/h6,8-9,11-13,22H,1,7,10H2,2-5H3. The average Bonchev–Trinajstić information content (AvgIpc) is 3.01. The molecule has 2 aromatic carbocycles. The van der Waals surface area contributed by atoms with Gasteiger partial charge >= 0.3 is 0 Å². The van der Waals surface area contributed by atoms with Crippen molar-refractivity contribution >= 4 is 16.9 Å². The molecule has 1 aliphatic rings. The molecule has 6 nitrogen and oxygen atoms in total. The van der Waals surface area contributed by atoms with Crippen LogP contribution in [0.3, 0.4) is 0 Å². The molecular weight excluding hydrogens is 394 g/mol. The van der Waals surface area contributed by atoms with Crippen LogP contribution in [0, 0.1) is 13.8 Å². The fourth-order valence-corrected chi connectivity index (χ4v) is 4.32. The van der Waals surface area contributed by atoms with Crippen molar-refractivity contribution in [3.8, 4) is 11.5 Å². The summed E-state index contributed by atoms with van der Waals surface area (Å²) in [6, 6.07) is 8.58. The number of nitrogens with zero attached hydrogens (tertiary/aromatic N) is 1. The SMILES string of the molecule is C=CCN1C(=O)c2oc3cc(C)cc(C)c3c(=O)c2C1c1ccc(OCC)c(OC)c1. The Labute approximate surface area is 180 Å². The number of aryl methyl sites for hydroxylation is 2. The number of fused-ring (bicyclic) bond motifs is 2. The van der Waals surface area contributed by atoms with E-state index >= 15 is 0 Å². The van der Waals surface area contributed by atoms with E-state index in [0.29, 0.717) is 34.6 Å². The van der Waals surface area contributed by atoms with E-state index in [0.717, 1.165) is 16.7 Å². The molecule has 0 N–H and O–H groups in total. The number of carbonyl (C=O) groups is 1. The molecular formula is C25H25NO5. The van der Waals surface area contributed by atoms with Crippen LogP contribution < -0.4 is 14.9 Å². The minimum Gasteiger partial charge on any atom is -0.493 e. The monoisotopic (exact) mass is 419 g/mol. The van der Waals surface area contributed by atoms with E-state index in [1.165, 1.54) is 0 Å². The zero-order valence-electron chi connectivity index (χ0n) is 18.2. The highest BCUT2D eigenvalue weighted by molar-refractivity contribution is 5.99. The second-order valence-electron chi connectivity index (χ2n) is 7.62. The molecule has 1 aliphatic heterocycles. The first-order valence-corrected chi connectivity index (χ1v) is 10.2. The summed E-state index contributed by atoms with van der Waals surface area (Å²) in [6.45, 7) is 10.3. The summed E-state index contributed by atoms with van der Waals surface area (Å²) in [4.78, 5) is 28.5. The summed E-state index contributed by atoms with van der Waals surface area (Å²) in [7, 11) is 1.56. The Balaban J connectivity index is 1.99. The molecule has 2 heterocycles. The van der Waals surface area contributed by atoms with Crippen LogP contribution in [0.25, 0.3) is 11.0 Å². The van der Waals surface area contributed by atoms with E-state index in [2.05, 4.69) is 6.58 Å². The number of rotatable bonds is 6. The molecule has 4 rings (SSSR count). The van der Waals surface area contributed by atoms with Gasteiger partial charge in [0.05, 0.1) is 30.7 Å². The Kier molecular flexibility index (Phi) is 5.31. The maximum absolute atomic E-state index is 13.6. The molecule has 0 spiro atoms. The fourth-order valence-electron chi connectivity index (χ4n) is 4.32. The zero-order valence-corrected chi connectivity index (χ0v) is 18.2. The molecule has 6 heteroatoms. The second-order valence-corrected chi connectivity index (χ2v) is 7.62. The van der Waals surface area contributed by atoms with Crippen LogP contribution in [0.5, 0.6) is 11.5 Å². The molecule has 0 fully saturated rings. The van der Waals surface area contributed by atoms with Crippen LogP contribution in [0.1, 0.15) is 45.8 Å². The van der Waals surface area contributed by atoms with Crippen molar-refractivity contribution in [3.63, 3.8) is 0 Å². The van der Waals surface area contributed by atoms with Crippen LogP contribution in [0.2, 0.25) is 0 Å². The summed E-state index contributed by atoms with van der Waals surface area (Å²) in [5.41, 5.74) is 3.12. The number of methoxy groups -OCH3 is 1. The summed E-state index contributed by atoms with van der Waals surface area (Å²) in [5, 5.41) is 0.500. The molecule has 1 unspecified atom stereocenters. The van der Waals surface area contributed by atoms with Crippen molar-refractivity contribution in [2.45, 2.75) is 26.8 Å². The first kappa shape index (κ1) is 20.7. The van der Waals surface area contributed by atoms with Gasteiger partial charge in [-0.25, -0.2) is 0 Å². The summed E-state index contributed by atoms with van der Waals surface area (Å²) < 4.78 is 17.1. The average molecular weight is 419 g/mol. The van der Waals surface area contributed by atoms with Crippen LogP contribution in [-0.2, 0) is 0 Å². The molecule has 1 aromatic heterocycles. The molecule has 0 saturated heterocycles. The number of hydrogen-bond donors (Lipinski definition) is 0. The number of amides is 1. The Morgan fingerprint density at radius 3 is 2.61 bits per heavy atom. The molecule has 31 heavy (non-hydrogen) atoms. The zero-order chi connectivity index (χ0) is 22.3. The predicted octanol–water partition coefficient (Wildman–Crippen LogP) is 4.55. The first-order chi connectivity index (χ1) is 14.9. The highest BCUT2D eigenvalue weighted by Crippen LogP contribution is 2.41. The molecule has 1 atom stereocenters. The number of ether oxygens (including phenoxy) is 2. The predicted molar refractivity (Wildman–Crippen MR) is 119 cm³/mol. The van der Waals surface area contributed by atoms with E-state index in [4.69, 9.17) is 13.9 Å². The van der Waals surface area contributed by atoms with Gasteiger partial charge in [-0.3, -0.25) is 9.59 Å². The van der Waals surface area contributed by atoms with E-state index in [-0.39, 0.29) is 23.6 Å². The van der Waals surface area contributed by atoms with Gasteiger partial charge in [-0.15, -0.1) is 6.58 Å². The topological polar surface area (TPSA) is 69.0 Å². The smallest absolute Gasteiger partial charge is 0.291 e. The van der Waals surface area contributed by atoms with Gasteiger partial charge in [-0.1, -0.05) is 18.2 Å². The van der Waals surface area contributed by atoms with Crippen molar-refractivity contribution in [1.82, 2.24) is 4.90 Å². The lowest BCUT2D eigenvalue weighted by Crippen LogP contribution is -2.29. The molecule has 1 amide bonds. The quantitative estimate of drug-likeness (QED) is 0.549. The fraction of sp³-hybridized carbons (Fsp3) is 0.280. The third kappa shape index (κ3) is 3.28. The van der Waals surface area contributed by atoms with Crippen molar-refractivity contribution < 1.29 is 18.7 Å². The minimum atomic E-state index is -0.605. The maximum atomic E-state index is 13.6. The van der Waals surface area contributed by atoms with Gasteiger partial charge in [-0.05, 0) is 55.7 Å². The Hall–Kier alpha value is -3.54. The van der Waals surface area contributed by atoms with Gasteiger partial charge in [0, 0.05) is 6.54 Å². The minimum absolute atomic E-state index is 0.0854. The van der Waals surface area contributed by atoms with Gasteiger partial charge < -0.3 is 18.8 Å². The number of hydrogen-bond acceptors (Lipinski definition) is 5. The lowest BCUT2D eigenvalue weighted by Gasteiger charge is -2.24. The normalized spacial score (nSPS) is 15.3. The summed E-state index contributed by atoms with van der Waals surface area (Å²) in [5.74, 6) is 0.898. The Bertz CT molecular complexity index is 1260. The van der Waals surface area contributed by atoms with E-state index in [1.54, 1.807) is 36.3 Å². The van der Waals surface area contributed by atoms with Crippen molar-refractivity contribution in [1.29, 1.82) is 0 Å². The van der Waals surface area contributed by atoms with E-state index in [1.807, 2.05) is 32.9 Å². The highest BCUT2D eigenvalue weighted by Gasteiger charge is 2.42. The van der Waals surface area contributed by atoms with Crippen molar-refractivity contribution in [2.24, 2.45) is 0 Å².